The summed E-state index contributed by atoms with van der Waals surface area (Å²) in [5.74, 6) is -0.0579. The number of hydrogen-bond donors (Lipinski definition) is 1. The molecule has 0 fully saturated rings. The predicted octanol–water partition coefficient (Wildman–Crippen LogP) is 0.485. The highest BCUT2D eigenvalue weighted by atomic mass is 16.5. The number of anilines is 1. The molecule has 0 aliphatic heterocycles. The molecule has 6 heteroatoms. The summed E-state index contributed by atoms with van der Waals surface area (Å²) in [6.07, 6.45) is 0. The van der Waals surface area contributed by atoms with Crippen LogP contribution in [0.3, 0.4) is 0 Å². The van der Waals surface area contributed by atoms with Crippen molar-refractivity contribution >= 4 is 17.7 Å². The SMILES string of the molecule is CC(=O)OCC(=O)Nc1cc(C)on1. The number of esters is 1. The third-order valence-corrected chi connectivity index (χ3v) is 1.30. The molecule has 0 saturated carbocycles. The number of nitrogens with one attached hydrogen (secondary N) is 1. The highest BCUT2D eigenvalue weighted by Gasteiger charge is 2.06. The lowest BCUT2D eigenvalue weighted by atomic mass is 10.5. The molecule has 0 atom stereocenters. The van der Waals surface area contributed by atoms with Crippen molar-refractivity contribution in [3.8, 4) is 0 Å². The number of ether oxygens (including phenoxy) is 1. The van der Waals surface area contributed by atoms with Gasteiger partial charge < -0.3 is 14.6 Å². The second-order valence-electron chi connectivity index (χ2n) is 2.65. The van der Waals surface area contributed by atoms with Crippen LogP contribution < -0.4 is 5.32 Å². The molecular weight excluding hydrogens is 188 g/mol. The van der Waals surface area contributed by atoms with Crippen molar-refractivity contribution in [2.75, 3.05) is 11.9 Å². The molecule has 14 heavy (non-hydrogen) atoms. The normalized spacial score (nSPS) is 9.57. The first-order valence-corrected chi connectivity index (χ1v) is 3.94. The van der Waals surface area contributed by atoms with Gasteiger partial charge in [-0.15, -0.1) is 0 Å². The lowest BCUT2D eigenvalue weighted by molar-refractivity contribution is -0.144. The van der Waals surface area contributed by atoms with Gasteiger partial charge in [-0.3, -0.25) is 9.59 Å². The van der Waals surface area contributed by atoms with Crippen molar-refractivity contribution in [2.45, 2.75) is 13.8 Å². The molecule has 0 unspecified atom stereocenters. The minimum absolute atomic E-state index is 0.305. The Labute approximate surface area is 80.2 Å². The lowest BCUT2D eigenvalue weighted by Crippen LogP contribution is -2.19. The fraction of sp³-hybridized carbons (Fsp3) is 0.375. The van der Waals surface area contributed by atoms with Crippen LogP contribution in [0.4, 0.5) is 5.82 Å². The van der Waals surface area contributed by atoms with Crippen LogP contribution in [0.15, 0.2) is 10.6 Å². The Balaban J connectivity index is 2.37. The third-order valence-electron chi connectivity index (χ3n) is 1.30. The topological polar surface area (TPSA) is 81.4 Å². The second-order valence-corrected chi connectivity index (χ2v) is 2.65. The number of aromatic nitrogens is 1. The largest absolute Gasteiger partial charge is 0.456 e. The maximum Gasteiger partial charge on any atom is 0.303 e. The van der Waals surface area contributed by atoms with E-state index in [9.17, 15) is 9.59 Å². The molecular formula is C8H10N2O4. The number of carbonyl (C=O) groups excluding carboxylic acids is 2. The summed E-state index contributed by atoms with van der Waals surface area (Å²) in [5, 5.41) is 5.93. The zero-order valence-electron chi connectivity index (χ0n) is 7.86. The average Bonchev–Trinajstić information content (AvgIpc) is 2.48. The molecule has 0 aromatic carbocycles. The van der Waals surface area contributed by atoms with Crippen LogP contribution in [0.25, 0.3) is 0 Å². The van der Waals surface area contributed by atoms with Gasteiger partial charge in [0.2, 0.25) is 0 Å². The fourth-order valence-corrected chi connectivity index (χ4v) is 0.771. The minimum atomic E-state index is -0.503. The third kappa shape index (κ3) is 3.26. The van der Waals surface area contributed by atoms with Crippen molar-refractivity contribution < 1.29 is 18.8 Å². The van der Waals surface area contributed by atoms with E-state index in [0.717, 1.165) is 0 Å². The van der Waals surface area contributed by atoms with Crippen molar-refractivity contribution in [2.24, 2.45) is 0 Å². The Bertz CT molecular complexity index is 345. The summed E-state index contributed by atoms with van der Waals surface area (Å²) in [6, 6.07) is 1.56. The van der Waals surface area contributed by atoms with Crippen molar-refractivity contribution in [3.63, 3.8) is 0 Å². The number of aryl methyl sites for hydroxylation is 1. The summed E-state index contributed by atoms with van der Waals surface area (Å²) in [5.41, 5.74) is 0. The van der Waals surface area contributed by atoms with Crippen molar-refractivity contribution in [1.29, 1.82) is 0 Å². The van der Waals surface area contributed by atoms with E-state index in [2.05, 4.69) is 15.2 Å². The number of carbonyl (C=O) groups is 2. The molecule has 0 aliphatic rings. The van der Waals surface area contributed by atoms with E-state index in [1.807, 2.05) is 0 Å². The van der Waals surface area contributed by atoms with Crippen LogP contribution >= 0.6 is 0 Å². The Morgan fingerprint density at radius 1 is 1.64 bits per heavy atom. The van der Waals surface area contributed by atoms with Gasteiger partial charge in [0.25, 0.3) is 5.91 Å². The molecule has 76 valence electrons. The van der Waals surface area contributed by atoms with Gasteiger partial charge in [0.05, 0.1) is 0 Å². The summed E-state index contributed by atoms with van der Waals surface area (Å²) >= 11 is 0. The minimum Gasteiger partial charge on any atom is -0.456 e. The molecule has 1 rings (SSSR count). The second kappa shape index (κ2) is 4.40. The molecule has 1 aromatic heterocycles. The first-order chi connectivity index (χ1) is 6.58. The van der Waals surface area contributed by atoms with E-state index in [0.29, 0.717) is 11.6 Å². The van der Waals surface area contributed by atoms with E-state index in [-0.39, 0.29) is 6.61 Å². The standard InChI is InChI=1S/C8H10N2O4/c1-5-3-7(10-14-5)9-8(12)4-13-6(2)11/h3H,4H2,1-2H3,(H,9,10,12). The van der Waals surface area contributed by atoms with E-state index in [1.165, 1.54) is 6.92 Å². The highest BCUT2D eigenvalue weighted by molar-refractivity contribution is 5.91. The van der Waals surface area contributed by atoms with E-state index >= 15 is 0 Å². The summed E-state index contributed by atoms with van der Waals surface area (Å²) in [7, 11) is 0. The van der Waals surface area contributed by atoms with E-state index < -0.39 is 11.9 Å². The van der Waals surface area contributed by atoms with Gasteiger partial charge in [-0.05, 0) is 6.92 Å². The van der Waals surface area contributed by atoms with E-state index in [1.54, 1.807) is 13.0 Å². The van der Waals surface area contributed by atoms with Crippen molar-refractivity contribution in [1.82, 2.24) is 5.16 Å². The van der Waals surface area contributed by atoms with Gasteiger partial charge >= 0.3 is 5.97 Å². The fourth-order valence-electron chi connectivity index (χ4n) is 0.771. The van der Waals surface area contributed by atoms with Gasteiger partial charge in [-0.1, -0.05) is 5.16 Å². The monoisotopic (exact) mass is 198 g/mol. The summed E-state index contributed by atoms with van der Waals surface area (Å²) in [4.78, 5) is 21.4. The number of nitrogens with zero attached hydrogens (tertiary/aromatic N) is 1. The van der Waals surface area contributed by atoms with Gasteiger partial charge in [0.15, 0.2) is 12.4 Å². The maximum absolute atomic E-state index is 11.1. The lowest BCUT2D eigenvalue weighted by Gasteiger charge is -2.00. The van der Waals surface area contributed by atoms with Crippen molar-refractivity contribution in [3.05, 3.63) is 11.8 Å². The van der Waals surface area contributed by atoms with Gasteiger partial charge in [-0.2, -0.15) is 0 Å². The Hall–Kier alpha value is -1.85. The molecule has 1 N–H and O–H groups in total. The first-order valence-electron chi connectivity index (χ1n) is 3.94. The number of amides is 1. The highest BCUT2D eigenvalue weighted by Crippen LogP contribution is 2.06. The average molecular weight is 198 g/mol. The molecule has 0 spiro atoms. The summed E-state index contributed by atoms with van der Waals surface area (Å²) < 4.78 is 9.19. The molecule has 0 radical (unpaired) electrons. The van der Waals surface area contributed by atoms with Crippen LogP contribution in [0.2, 0.25) is 0 Å². The van der Waals surface area contributed by atoms with Crippen LogP contribution in [-0.2, 0) is 14.3 Å². The Morgan fingerprint density at radius 3 is 2.86 bits per heavy atom. The smallest absolute Gasteiger partial charge is 0.303 e. The Morgan fingerprint density at radius 2 is 2.36 bits per heavy atom. The zero-order chi connectivity index (χ0) is 10.6. The Kier molecular flexibility index (Phi) is 3.22. The zero-order valence-corrected chi connectivity index (χ0v) is 7.86. The van der Waals surface area contributed by atoms with Crippen LogP contribution in [0, 0.1) is 6.92 Å². The van der Waals surface area contributed by atoms with Crippen LogP contribution in [0.5, 0.6) is 0 Å². The van der Waals surface area contributed by atoms with Crippen LogP contribution in [-0.4, -0.2) is 23.6 Å². The van der Waals surface area contributed by atoms with Gasteiger partial charge in [-0.25, -0.2) is 0 Å². The maximum atomic E-state index is 11.1. The molecule has 1 aromatic rings. The van der Waals surface area contributed by atoms with Gasteiger partial charge in [0, 0.05) is 13.0 Å². The van der Waals surface area contributed by atoms with Crippen LogP contribution in [0.1, 0.15) is 12.7 Å². The molecule has 1 amide bonds. The molecule has 0 saturated heterocycles. The number of rotatable bonds is 3. The molecule has 1 heterocycles. The van der Waals surface area contributed by atoms with E-state index in [4.69, 9.17) is 4.52 Å². The summed E-state index contributed by atoms with van der Waals surface area (Å²) in [6.45, 7) is 2.61. The van der Waals surface area contributed by atoms with Gasteiger partial charge in [0.1, 0.15) is 5.76 Å². The molecule has 0 bridgehead atoms. The molecule has 0 aliphatic carbocycles. The molecule has 6 nitrogen and oxygen atoms in total. The number of hydrogen-bond acceptors (Lipinski definition) is 5. The predicted molar refractivity (Wildman–Crippen MR) is 46.5 cm³/mol. The first kappa shape index (κ1) is 10.2. The quantitative estimate of drug-likeness (QED) is 0.714.